The molecule has 10 nitrogen and oxygen atoms in total. The van der Waals surface area contributed by atoms with Crippen LogP contribution in [0.25, 0.3) is 0 Å². The van der Waals surface area contributed by atoms with Gasteiger partial charge in [0.05, 0.1) is 55.9 Å². The van der Waals surface area contributed by atoms with Crippen LogP contribution in [0.15, 0.2) is 60.7 Å². The lowest BCUT2D eigenvalue weighted by molar-refractivity contribution is -0.325. The fourth-order valence-electron chi connectivity index (χ4n) is 8.35. The molecule has 2 aromatic carbocycles. The molecule has 4 fully saturated rings. The zero-order valence-electron chi connectivity index (χ0n) is 31.5. The fourth-order valence-corrected chi connectivity index (χ4v) is 9.26. The third-order valence-corrected chi connectivity index (χ3v) is 11.9. The third kappa shape index (κ3) is 10.8. The Labute approximate surface area is 314 Å². The van der Waals surface area contributed by atoms with Crippen LogP contribution in [0.4, 0.5) is 0 Å². The summed E-state index contributed by atoms with van der Waals surface area (Å²) in [5.41, 5.74) is 2.15. The largest absolute Gasteiger partial charge is 0.396 e. The first kappa shape index (κ1) is 40.1. The summed E-state index contributed by atoms with van der Waals surface area (Å²) in [6.07, 6.45) is 5.00. The van der Waals surface area contributed by atoms with E-state index in [-0.39, 0.29) is 43.0 Å². The highest BCUT2D eigenvalue weighted by molar-refractivity contribution is 7.99. The number of aliphatic hydroxyl groups excluding tert-OH is 2. The van der Waals surface area contributed by atoms with Crippen molar-refractivity contribution in [3.8, 4) is 0 Å². The maximum atomic E-state index is 11.6. The van der Waals surface area contributed by atoms with E-state index in [1.807, 2.05) is 76.2 Å². The Hall–Kier alpha value is -1.61. The van der Waals surface area contributed by atoms with Crippen molar-refractivity contribution in [2.45, 2.75) is 151 Å². The van der Waals surface area contributed by atoms with Crippen molar-refractivity contribution in [2.24, 2.45) is 5.92 Å². The van der Waals surface area contributed by atoms with Crippen molar-refractivity contribution in [2.75, 3.05) is 26.1 Å². The van der Waals surface area contributed by atoms with Crippen molar-refractivity contribution < 1.29 is 48.1 Å². The first-order chi connectivity index (χ1) is 25.0. The molecule has 0 bridgehead atoms. The van der Waals surface area contributed by atoms with Gasteiger partial charge in [0.25, 0.3) is 0 Å². The molecule has 0 radical (unpaired) electrons. The van der Waals surface area contributed by atoms with Crippen molar-refractivity contribution in [1.82, 2.24) is 0 Å². The lowest BCUT2D eigenvalue weighted by atomic mass is 9.84. The van der Waals surface area contributed by atoms with Crippen LogP contribution < -0.4 is 0 Å². The molecule has 0 saturated carbocycles. The summed E-state index contributed by atoms with van der Waals surface area (Å²) in [5, 5.41) is 21.6. The third-order valence-electron chi connectivity index (χ3n) is 10.7. The van der Waals surface area contributed by atoms with Crippen molar-refractivity contribution >= 4 is 11.8 Å². The summed E-state index contributed by atoms with van der Waals surface area (Å²) < 4.78 is 51.1. The molecule has 0 aliphatic carbocycles. The summed E-state index contributed by atoms with van der Waals surface area (Å²) in [7, 11) is 0. The highest BCUT2D eigenvalue weighted by Gasteiger charge is 2.52. The average Bonchev–Trinajstić information content (AvgIpc) is 3.12. The van der Waals surface area contributed by atoms with E-state index in [2.05, 4.69) is 18.4 Å². The van der Waals surface area contributed by atoms with Gasteiger partial charge in [0.2, 0.25) is 0 Å². The number of ether oxygens (including phenoxy) is 8. The van der Waals surface area contributed by atoms with Crippen molar-refractivity contribution in [3.05, 3.63) is 71.8 Å². The predicted molar refractivity (Wildman–Crippen MR) is 198 cm³/mol. The highest BCUT2D eigenvalue weighted by atomic mass is 32.2. The Bertz CT molecular complexity index is 1360. The summed E-state index contributed by atoms with van der Waals surface area (Å²) in [5.74, 6) is -1.58. The Balaban J connectivity index is 1.04. The molecule has 52 heavy (non-hydrogen) atoms. The minimum absolute atomic E-state index is 0.0134. The van der Waals surface area contributed by atoms with E-state index in [0.717, 1.165) is 24.0 Å². The topological polar surface area (TPSA) is 114 Å². The first-order valence-electron chi connectivity index (χ1n) is 19.1. The van der Waals surface area contributed by atoms with Crippen LogP contribution in [-0.2, 0) is 44.5 Å². The number of thioether (sulfide) groups is 1. The molecule has 11 heteroatoms. The molecule has 6 rings (SSSR count). The van der Waals surface area contributed by atoms with Gasteiger partial charge in [0.15, 0.2) is 17.9 Å². The Morgan fingerprint density at radius 3 is 2.21 bits per heavy atom. The lowest BCUT2D eigenvalue weighted by Gasteiger charge is -2.52. The summed E-state index contributed by atoms with van der Waals surface area (Å²) in [6.45, 7) is 9.45. The second-order valence-electron chi connectivity index (χ2n) is 15.7. The van der Waals surface area contributed by atoms with E-state index in [0.29, 0.717) is 58.3 Å². The average molecular weight is 745 g/mol. The smallest absolute Gasteiger partial charge is 0.184 e. The number of hydrogen-bond acceptors (Lipinski definition) is 11. The predicted octanol–water partition coefficient (Wildman–Crippen LogP) is 6.91. The van der Waals surface area contributed by atoms with Gasteiger partial charge in [0, 0.05) is 50.4 Å². The molecule has 0 amide bonds. The molecular formula is C41H60O10S. The lowest BCUT2D eigenvalue weighted by Crippen LogP contribution is -2.57. The van der Waals surface area contributed by atoms with E-state index < -0.39 is 35.0 Å². The molecule has 290 valence electrons. The zero-order valence-corrected chi connectivity index (χ0v) is 32.3. The minimum atomic E-state index is -0.883. The minimum Gasteiger partial charge on any atom is -0.396 e. The number of fused-ring (bicyclic) bond motifs is 1. The zero-order chi connectivity index (χ0) is 36.8. The molecule has 2 N–H and O–H groups in total. The molecule has 2 aromatic rings. The summed E-state index contributed by atoms with van der Waals surface area (Å²) in [4.78, 5) is -0.603. The molecule has 4 aliphatic rings. The van der Waals surface area contributed by atoms with Gasteiger partial charge in [-0.3, -0.25) is 0 Å². The standard InChI is InChI=1S/C41H60O10S/c1-39(2)47-30(22-31(48-39)19-21-44-26-28-12-8-6-9-13-28)16-17-34(43)36-23-32(49-40(3,4)50-36)24-41(52-5)25-37-33(35(51-41)18-20-42)27-45-38(46-37)29-14-10-7-11-15-29/h6-15,30-38,42-43H,16-27H2,1-5H3/t30-,31+,32+,33+,34-,35+,36-,37+,38-,41+/m1/s1. The van der Waals surface area contributed by atoms with E-state index in [9.17, 15) is 10.2 Å². The molecule has 4 aliphatic heterocycles. The van der Waals surface area contributed by atoms with Crippen LogP contribution in [0.2, 0.25) is 0 Å². The quantitative estimate of drug-likeness (QED) is 0.186. The second-order valence-corrected chi connectivity index (χ2v) is 16.9. The SMILES string of the molecule is CS[C@@]1(C[C@@H]2C[C@H]([C@H](O)CC[C@@H]3C[C@H](CCOCc4ccccc4)OC(C)(C)O3)OC(C)(C)O2)C[C@@H]2O[C@H](c3ccccc3)OC[C@H]2[C@H](CCO)O1. The number of aliphatic hydroxyl groups is 2. The van der Waals surface area contributed by atoms with Gasteiger partial charge in [-0.15, -0.1) is 11.8 Å². The normalized spacial score (nSPS) is 35.1. The van der Waals surface area contributed by atoms with Gasteiger partial charge in [-0.1, -0.05) is 60.7 Å². The van der Waals surface area contributed by atoms with Crippen LogP contribution in [0, 0.1) is 5.92 Å². The van der Waals surface area contributed by atoms with Crippen LogP contribution >= 0.6 is 11.8 Å². The molecule has 0 unspecified atom stereocenters. The monoisotopic (exact) mass is 744 g/mol. The number of hydrogen-bond donors (Lipinski definition) is 2. The van der Waals surface area contributed by atoms with Gasteiger partial charge >= 0.3 is 0 Å². The van der Waals surface area contributed by atoms with E-state index in [4.69, 9.17) is 37.9 Å². The van der Waals surface area contributed by atoms with Gasteiger partial charge in [-0.05, 0) is 65.2 Å². The molecule has 0 aromatic heterocycles. The number of benzene rings is 2. The Kier molecular flexibility index (Phi) is 13.8. The Morgan fingerprint density at radius 1 is 0.827 bits per heavy atom. The van der Waals surface area contributed by atoms with E-state index in [1.54, 1.807) is 11.8 Å². The van der Waals surface area contributed by atoms with E-state index in [1.165, 1.54) is 0 Å². The maximum Gasteiger partial charge on any atom is 0.184 e. The van der Waals surface area contributed by atoms with Gasteiger partial charge in [0.1, 0.15) is 4.93 Å². The van der Waals surface area contributed by atoms with Crippen LogP contribution in [0.5, 0.6) is 0 Å². The highest BCUT2D eigenvalue weighted by Crippen LogP contribution is 2.49. The Morgan fingerprint density at radius 2 is 1.50 bits per heavy atom. The summed E-state index contributed by atoms with van der Waals surface area (Å²) >= 11 is 1.67. The maximum absolute atomic E-state index is 11.6. The van der Waals surface area contributed by atoms with Crippen LogP contribution in [-0.4, -0.2) is 95.5 Å². The van der Waals surface area contributed by atoms with Crippen molar-refractivity contribution in [3.63, 3.8) is 0 Å². The van der Waals surface area contributed by atoms with E-state index >= 15 is 0 Å². The van der Waals surface area contributed by atoms with Gasteiger partial charge in [-0.25, -0.2) is 0 Å². The first-order valence-corrected chi connectivity index (χ1v) is 20.3. The summed E-state index contributed by atoms with van der Waals surface area (Å²) in [6, 6.07) is 20.2. The molecule has 0 spiro atoms. The van der Waals surface area contributed by atoms with Gasteiger partial charge < -0.3 is 48.1 Å². The van der Waals surface area contributed by atoms with Gasteiger partial charge in [-0.2, -0.15) is 0 Å². The molecule has 4 heterocycles. The molecule has 10 atom stereocenters. The van der Waals surface area contributed by atoms with Crippen molar-refractivity contribution in [1.29, 1.82) is 0 Å². The fraction of sp³-hybridized carbons (Fsp3) is 0.707. The van der Waals surface area contributed by atoms with Crippen LogP contribution in [0.1, 0.15) is 96.5 Å². The molecule has 4 saturated heterocycles. The second kappa shape index (κ2) is 17.9. The molecular weight excluding hydrogens is 685 g/mol. The van der Waals surface area contributed by atoms with Crippen LogP contribution in [0.3, 0.4) is 0 Å². The number of rotatable bonds is 15.